The van der Waals surface area contributed by atoms with Crippen molar-refractivity contribution in [3.05, 3.63) is 0 Å². The molecule has 0 atom stereocenters. The summed E-state index contributed by atoms with van der Waals surface area (Å²) in [6.07, 6.45) is 6.78. The molecule has 1 aliphatic rings. The van der Waals surface area contributed by atoms with Gasteiger partial charge in [0.2, 0.25) is 0 Å². The molecule has 0 aromatic heterocycles. The Hall–Kier alpha value is -0.110. The highest BCUT2D eigenvalue weighted by Gasteiger charge is 2.29. The van der Waals surface area contributed by atoms with Crippen molar-refractivity contribution in [2.75, 3.05) is 13.2 Å². The topological polar surface area (TPSA) is 26.0 Å². The van der Waals surface area contributed by atoms with Crippen LogP contribution in [0.25, 0.3) is 0 Å². The van der Waals surface area contributed by atoms with Gasteiger partial charge in [0.1, 0.15) is 0 Å². The van der Waals surface area contributed by atoms with Gasteiger partial charge in [0.05, 0.1) is 6.67 Å². The van der Waals surface area contributed by atoms with Crippen LogP contribution in [0.4, 0.5) is 4.39 Å². The monoisotopic (exact) mass is 159 g/mol. The molecule has 11 heavy (non-hydrogen) atoms. The summed E-state index contributed by atoms with van der Waals surface area (Å²) in [4.78, 5) is 0. The molecule has 1 fully saturated rings. The number of rotatable bonds is 3. The second-order valence-electron chi connectivity index (χ2n) is 3.70. The number of alkyl halides is 1. The maximum Gasteiger partial charge on any atom is 0.0900 e. The van der Waals surface area contributed by atoms with Gasteiger partial charge in [-0.05, 0) is 31.2 Å². The molecule has 1 saturated carbocycles. The molecular formula is C9H18FN. The van der Waals surface area contributed by atoms with Crippen molar-refractivity contribution in [1.29, 1.82) is 0 Å². The van der Waals surface area contributed by atoms with Gasteiger partial charge in [0.25, 0.3) is 0 Å². The van der Waals surface area contributed by atoms with Crippen molar-refractivity contribution in [2.45, 2.75) is 38.5 Å². The van der Waals surface area contributed by atoms with Crippen LogP contribution in [-0.4, -0.2) is 13.2 Å². The molecule has 0 amide bonds. The van der Waals surface area contributed by atoms with Gasteiger partial charge in [-0.2, -0.15) is 0 Å². The van der Waals surface area contributed by atoms with Gasteiger partial charge in [-0.3, -0.25) is 4.39 Å². The van der Waals surface area contributed by atoms with Crippen molar-refractivity contribution in [3.8, 4) is 0 Å². The molecule has 0 aromatic carbocycles. The average Bonchev–Trinajstić information content (AvgIpc) is 2.07. The fourth-order valence-corrected chi connectivity index (χ4v) is 2.06. The molecule has 1 rings (SSSR count). The summed E-state index contributed by atoms with van der Waals surface area (Å²) >= 11 is 0. The summed E-state index contributed by atoms with van der Waals surface area (Å²) in [6.45, 7) is 0.480. The molecule has 0 aromatic rings. The van der Waals surface area contributed by atoms with E-state index in [0.717, 1.165) is 12.8 Å². The standard InChI is InChI=1S/C9H18FN/c10-7-6-9(8-11)4-2-1-3-5-9/h1-8,11H2. The number of hydrogen-bond donors (Lipinski definition) is 1. The molecule has 0 heterocycles. The lowest BCUT2D eigenvalue weighted by atomic mass is 9.72. The Morgan fingerprint density at radius 1 is 1.18 bits per heavy atom. The summed E-state index contributed by atoms with van der Waals surface area (Å²) in [5.41, 5.74) is 5.83. The summed E-state index contributed by atoms with van der Waals surface area (Å²) in [5, 5.41) is 0. The Balaban J connectivity index is 2.42. The van der Waals surface area contributed by atoms with Gasteiger partial charge in [-0.15, -0.1) is 0 Å². The molecule has 2 N–H and O–H groups in total. The fraction of sp³-hybridized carbons (Fsp3) is 1.00. The molecule has 0 bridgehead atoms. The van der Waals surface area contributed by atoms with Crippen molar-refractivity contribution in [1.82, 2.24) is 0 Å². The fourth-order valence-electron chi connectivity index (χ4n) is 2.06. The molecule has 0 spiro atoms. The van der Waals surface area contributed by atoms with Crippen molar-refractivity contribution in [2.24, 2.45) is 11.1 Å². The Labute approximate surface area is 68.2 Å². The zero-order valence-electron chi connectivity index (χ0n) is 7.11. The van der Waals surface area contributed by atoms with Gasteiger partial charge in [-0.25, -0.2) is 0 Å². The highest BCUT2D eigenvalue weighted by atomic mass is 19.1. The minimum absolute atomic E-state index is 0.174. The number of nitrogens with two attached hydrogens (primary N) is 1. The molecule has 1 aliphatic carbocycles. The molecular weight excluding hydrogens is 141 g/mol. The van der Waals surface area contributed by atoms with E-state index in [-0.39, 0.29) is 12.1 Å². The first-order chi connectivity index (χ1) is 5.33. The van der Waals surface area contributed by atoms with Gasteiger partial charge >= 0.3 is 0 Å². The summed E-state index contributed by atoms with van der Waals surface area (Å²) in [7, 11) is 0. The quantitative estimate of drug-likeness (QED) is 0.671. The van der Waals surface area contributed by atoms with Crippen LogP contribution >= 0.6 is 0 Å². The highest BCUT2D eigenvalue weighted by Crippen LogP contribution is 2.38. The third kappa shape index (κ3) is 2.16. The second kappa shape index (κ2) is 4.05. The van der Waals surface area contributed by atoms with Gasteiger partial charge in [-0.1, -0.05) is 19.3 Å². The van der Waals surface area contributed by atoms with Gasteiger partial charge < -0.3 is 5.73 Å². The lowest BCUT2D eigenvalue weighted by Gasteiger charge is -2.35. The Morgan fingerprint density at radius 3 is 2.27 bits per heavy atom. The van der Waals surface area contributed by atoms with E-state index in [1.54, 1.807) is 0 Å². The predicted molar refractivity (Wildman–Crippen MR) is 45.2 cm³/mol. The van der Waals surface area contributed by atoms with E-state index < -0.39 is 0 Å². The van der Waals surface area contributed by atoms with Crippen LogP contribution < -0.4 is 5.73 Å². The third-order valence-electron chi connectivity index (χ3n) is 2.97. The predicted octanol–water partition coefficient (Wildman–Crippen LogP) is 2.26. The van der Waals surface area contributed by atoms with Crippen LogP contribution in [0.3, 0.4) is 0 Å². The smallest absolute Gasteiger partial charge is 0.0900 e. The highest BCUT2D eigenvalue weighted by molar-refractivity contribution is 4.83. The van der Waals surface area contributed by atoms with Crippen LogP contribution in [0.15, 0.2) is 0 Å². The second-order valence-corrected chi connectivity index (χ2v) is 3.70. The lowest BCUT2D eigenvalue weighted by molar-refractivity contribution is 0.166. The van der Waals surface area contributed by atoms with E-state index in [4.69, 9.17) is 5.73 Å². The minimum atomic E-state index is -0.197. The van der Waals surface area contributed by atoms with Gasteiger partial charge in [0.15, 0.2) is 0 Å². The third-order valence-corrected chi connectivity index (χ3v) is 2.97. The zero-order chi connectivity index (χ0) is 8.16. The first-order valence-electron chi connectivity index (χ1n) is 4.59. The van der Waals surface area contributed by atoms with E-state index in [1.807, 2.05) is 0 Å². The summed E-state index contributed by atoms with van der Waals surface area (Å²) < 4.78 is 12.2. The molecule has 0 radical (unpaired) electrons. The lowest BCUT2D eigenvalue weighted by Crippen LogP contribution is -2.33. The van der Waals surface area contributed by atoms with Crippen molar-refractivity contribution < 1.29 is 4.39 Å². The summed E-state index contributed by atoms with van der Waals surface area (Å²) in [6, 6.07) is 0. The molecule has 0 unspecified atom stereocenters. The minimum Gasteiger partial charge on any atom is -0.330 e. The largest absolute Gasteiger partial charge is 0.330 e. The van der Waals surface area contributed by atoms with Gasteiger partial charge in [0, 0.05) is 0 Å². The first kappa shape index (κ1) is 8.98. The average molecular weight is 159 g/mol. The van der Waals surface area contributed by atoms with Crippen LogP contribution in [0, 0.1) is 5.41 Å². The SMILES string of the molecule is NCC1(CCF)CCCCC1. The maximum absolute atomic E-state index is 12.2. The normalized spacial score (nSPS) is 23.5. The molecule has 66 valence electrons. The Bertz CT molecular complexity index is 103. The van der Waals surface area contributed by atoms with E-state index in [9.17, 15) is 4.39 Å². The van der Waals surface area contributed by atoms with Crippen molar-refractivity contribution in [3.63, 3.8) is 0 Å². The van der Waals surface area contributed by atoms with E-state index >= 15 is 0 Å². The van der Waals surface area contributed by atoms with E-state index in [2.05, 4.69) is 0 Å². The number of halogens is 1. The van der Waals surface area contributed by atoms with E-state index in [1.165, 1.54) is 19.3 Å². The molecule has 1 nitrogen and oxygen atoms in total. The van der Waals surface area contributed by atoms with Crippen LogP contribution in [0.1, 0.15) is 38.5 Å². The number of hydrogen-bond acceptors (Lipinski definition) is 1. The maximum atomic E-state index is 12.2. The van der Waals surface area contributed by atoms with Crippen LogP contribution in [-0.2, 0) is 0 Å². The molecule has 0 aliphatic heterocycles. The van der Waals surface area contributed by atoms with E-state index in [0.29, 0.717) is 13.0 Å². The van der Waals surface area contributed by atoms with Crippen LogP contribution in [0.2, 0.25) is 0 Å². The molecule has 0 saturated heterocycles. The van der Waals surface area contributed by atoms with Crippen molar-refractivity contribution >= 4 is 0 Å². The Kier molecular flexibility index (Phi) is 3.31. The van der Waals surface area contributed by atoms with Crippen LogP contribution in [0.5, 0.6) is 0 Å². The first-order valence-corrected chi connectivity index (χ1v) is 4.59. The summed E-state index contributed by atoms with van der Waals surface area (Å²) in [5.74, 6) is 0. The zero-order valence-corrected chi connectivity index (χ0v) is 7.11. The Morgan fingerprint density at radius 2 is 1.82 bits per heavy atom. The molecule has 2 heteroatoms.